The Bertz CT molecular complexity index is 379. The highest BCUT2D eigenvalue weighted by molar-refractivity contribution is 5.92. The first-order valence-corrected chi connectivity index (χ1v) is 5.16. The molecule has 4 nitrogen and oxygen atoms in total. The summed E-state index contributed by atoms with van der Waals surface area (Å²) in [6, 6.07) is 4.57. The summed E-state index contributed by atoms with van der Waals surface area (Å²) < 4.78 is 18.5. The predicted octanol–water partition coefficient (Wildman–Crippen LogP) is 1.97. The Balaban J connectivity index is 2.77. The van der Waals surface area contributed by atoms with E-state index >= 15 is 0 Å². The first-order valence-electron chi connectivity index (χ1n) is 5.16. The molecule has 0 heterocycles. The molecule has 1 aromatic carbocycles. The van der Waals surface area contributed by atoms with Gasteiger partial charge in [-0.15, -0.1) is 0 Å². The number of nitrogens with one attached hydrogen (secondary N) is 1. The summed E-state index contributed by atoms with van der Waals surface area (Å²) in [5, 5.41) is 2.79. The molecule has 0 fully saturated rings. The molecular weight excluding hydrogens is 209 g/mol. The van der Waals surface area contributed by atoms with Crippen LogP contribution in [0.15, 0.2) is 23.2 Å². The van der Waals surface area contributed by atoms with Crippen LogP contribution in [0, 0.1) is 5.82 Å². The minimum Gasteiger partial charge on any atom is -0.491 e. The molecule has 0 aliphatic heterocycles. The lowest BCUT2D eigenvalue weighted by molar-refractivity contribution is 0.321. The zero-order valence-corrected chi connectivity index (χ0v) is 9.46. The van der Waals surface area contributed by atoms with Crippen LogP contribution in [-0.4, -0.2) is 19.1 Å². The van der Waals surface area contributed by atoms with Crippen molar-refractivity contribution in [2.24, 2.45) is 10.7 Å². The number of nitrogens with zero attached hydrogens (tertiary/aromatic N) is 1. The summed E-state index contributed by atoms with van der Waals surface area (Å²) in [6.45, 7) is 4.69. The predicted molar refractivity (Wildman–Crippen MR) is 63.4 cm³/mol. The standard InChI is InChI=1S/C11H16FN3O/c1-3-14-11(13)15-8-5-6-10(16-4-2)9(12)7-8/h5-7H,3-4H2,1-2H3,(H3,13,14,15). The van der Waals surface area contributed by atoms with Gasteiger partial charge in [-0.05, 0) is 26.0 Å². The lowest BCUT2D eigenvalue weighted by Crippen LogP contribution is -2.22. The van der Waals surface area contributed by atoms with Gasteiger partial charge in [0.15, 0.2) is 17.5 Å². The molecule has 0 spiro atoms. The SMILES string of the molecule is CCN=C(N)Nc1ccc(OCC)c(F)c1. The molecule has 0 unspecified atom stereocenters. The third-order valence-electron chi connectivity index (χ3n) is 1.83. The largest absolute Gasteiger partial charge is 0.491 e. The Morgan fingerprint density at radius 1 is 1.50 bits per heavy atom. The van der Waals surface area contributed by atoms with Crippen LogP contribution in [0.5, 0.6) is 5.75 Å². The van der Waals surface area contributed by atoms with Gasteiger partial charge < -0.3 is 15.8 Å². The van der Waals surface area contributed by atoms with Crippen molar-refractivity contribution >= 4 is 11.6 Å². The van der Waals surface area contributed by atoms with Crippen LogP contribution in [0.25, 0.3) is 0 Å². The summed E-state index contributed by atoms with van der Waals surface area (Å²) >= 11 is 0. The van der Waals surface area contributed by atoms with E-state index in [-0.39, 0.29) is 11.7 Å². The van der Waals surface area contributed by atoms with Crippen LogP contribution in [0.4, 0.5) is 10.1 Å². The fourth-order valence-corrected chi connectivity index (χ4v) is 1.21. The number of benzene rings is 1. The number of aliphatic imine (C=N–C) groups is 1. The first kappa shape index (κ1) is 12.3. The molecule has 0 atom stereocenters. The Hall–Kier alpha value is -1.78. The molecule has 16 heavy (non-hydrogen) atoms. The zero-order chi connectivity index (χ0) is 12.0. The molecule has 0 amide bonds. The molecule has 0 saturated heterocycles. The van der Waals surface area contributed by atoms with E-state index in [9.17, 15) is 4.39 Å². The van der Waals surface area contributed by atoms with Gasteiger partial charge in [0.2, 0.25) is 0 Å². The van der Waals surface area contributed by atoms with E-state index in [1.54, 1.807) is 19.1 Å². The molecule has 5 heteroatoms. The lowest BCUT2D eigenvalue weighted by atomic mass is 10.3. The Morgan fingerprint density at radius 2 is 2.25 bits per heavy atom. The van der Waals surface area contributed by atoms with Crippen LogP contribution >= 0.6 is 0 Å². The number of anilines is 1. The summed E-state index contributed by atoms with van der Waals surface area (Å²) in [5.41, 5.74) is 6.10. The highest BCUT2D eigenvalue weighted by atomic mass is 19.1. The van der Waals surface area contributed by atoms with Gasteiger partial charge in [0, 0.05) is 18.3 Å². The average Bonchev–Trinajstić information content (AvgIpc) is 2.22. The van der Waals surface area contributed by atoms with E-state index in [4.69, 9.17) is 10.5 Å². The Kier molecular flexibility index (Phi) is 4.57. The molecule has 1 aromatic rings. The quantitative estimate of drug-likeness (QED) is 0.608. The highest BCUT2D eigenvalue weighted by Crippen LogP contribution is 2.20. The number of ether oxygens (including phenoxy) is 1. The van der Waals surface area contributed by atoms with Crippen LogP contribution in [-0.2, 0) is 0 Å². The monoisotopic (exact) mass is 225 g/mol. The van der Waals surface area contributed by atoms with Crippen LogP contribution in [0.3, 0.4) is 0 Å². The summed E-state index contributed by atoms with van der Waals surface area (Å²) in [6.07, 6.45) is 0. The van der Waals surface area contributed by atoms with Gasteiger partial charge in [-0.2, -0.15) is 0 Å². The number of hydrogen-bond acceptors (Lipinski definition) is 2. The second kappa shape index (κ2) is 5.95. The van der Waals surface area contributed by atoms with Crippen molar-refractivity contribution < 1.29 is 9.13 Å². The molecule has 0 bridgehead atoms. The third kappa shape index (κ3) is 3.42. The van der Waals surface area contributed by atoms with Crippen molar-refractivity contribution in [2.75, 3.05) is 18.5 Å². The van der Waals surface area contributed by atoms with E-state index in [0.717, 1.165) is 0 Å². The van der Waals surface area contributed by atoms with Gasteiger partial charge in [-0.25, -0.2) is 4.39 Å². The van der Waals surface area contributed by atoms with E-state index in [0.29, 0.717) is 18.8 Å². The van der Waals surface area contributed by atoms with Crippen LogP contribution < -0.4 is 15.8 Å². The van der Waals surface area contributed by atoms with Crippen molar-refractivity contribution in [2.45, 2.75) is 13.8 Å². The zero-order valence-electron chi connectivity index (χ0n) is 9.46. The highest BCUT2D eigenvalue weighted by Gasteiger charge is 2.04. The molecule has 3 N–H and O–H groups in total. The average molecular weight is 225 g/mol. The number of rotatable bonds is 4. The van der Waals surface area contributed by atoms with Crippen molar-refractivity contribution in [1.82, 2.24) is 0 Å². The third-order valence-corrected chi connectivity index (χ3v) is 1.83. The van der Waals surface area contributed by atoms with Gasteiger partial charge >= 0.3 is 0 Å². The van der Waals surface area contributed by atoms with Crippen LogP contribution in [0.1, 0.15) is 13.8 Å². The fourth-order valence-electron chi connectivity index (χ4n) is 1.21. The maximum Gasteiger partial charge on any atom is 0.193 e. The number of nitrogens with two attached hydrogens (primary N) is 1. The second-order valence-electron chi connectivity index (χ2n) is 3.06. The molecule has 88 valence electrons. The topological polar surface area (TPSA) is 59.6 Å². The smallest absolute Gasteiger partial charge is 0.193 e. The van der Waals surface area contributed by atoms with E-state index in [1.807, 2.05) is 6.92 Å². The number of hydrogen-bond donors (Lipinski definition) is 2. The van der Waals surface area contributed by atoms with E-state index in [1.165, 1.54) is 6.07 Å². The molecular formula is C11H16FN3O. The van der Waals surface area contributed by atoms with Gasteiger partial charge in [0.25, 0.3) is 0 Å². The van der Waals surface area contributed by atoms with Crippen molar-refractivity contribution in [3.8, 4) is 5.75 Å². The van der Waals surface area contributed by atoms with Gasteiger partial charge in [-0.1, -0.05) is 0 Å². The molecule has 0 aliphatic rings. The van der Waals surface area contributed by atoms with E-state index < -0.39 is 5.82 Å². The Morgan fingerprint density at radius 3 is 2.81 bits per heavy atom. The number of guanidine groups is 1. The fraction of sp³-hybridized carbons (Fsp3) is 0.364. The molecule has 0 radical (unpaired) electrons. The maximum atomic E-state index is 13.4. The van der Waals surface area contributed by atoms with Gasteiger partial charge in [-0.3, -0.25) is 4.99 Å². The van der Waals surface area contributed by atoms with E-state index in [2.05, 4.69) is 10.3 Å². The minimum absolute atomic E-state index is 0.235. The number of halogens is 1. The minimum atomic E-state index is -0.420. The lowest BCUT2D eigenvalue weighted by Gasteiger charge is -2.08. The van der Waals surface area contributed by atoms with Crippen molar-refractivity contribution in [3.05, 3.63) is 24.0 Å². The molecule has 0 aromatic heterocycles. The maximum absolute atomic E-state index is 13.4. The second-order valence-corrected chi connectivity index (χ2v) is 3.06. The summed E-state index contributed by atoms with van der Waals surface area (Å²) in [4.78, 5) is 3.94. The molecule has 0 saturated carbocycles. The summed E-state index contributed by atoms with van der Waals surface area (Å²) in [5.74, 6) is 0.0845. The van der Waals surface area contributed by atoms with Gasteiger partial charge in [0.1, 0.15) is 0 Å². The molecule has 0 aliphatic carbocycles. The van der Waals surface area contributed by atoms with Gasteiger partial charge in [0.05, 0.1) is 6.61 Å². The van der Waals surface area contributed by atoms with Crippen molar-refractivity contribution in [3.63, 3.8) is 0 Å². The van der Waals surface area contributed by atoms with Crippen LogP contribution in [0.2, 0.25) is 0 Å². The Labute approximate surface area is 94.3 Å². The summed E-state index contributed by atoms with van der Waals surface area (Å²) in [7, 11) is 0. The van der Waals surface area contributed by atoms with Crippen molar-refractivity contribution in [1.29, 1.82) is 0 Å². The normalized spacial score (nSPS) is 11.3. The molecule has 1 rings (SSSR count). The first-order chi connectivity index (χ1) is 7.67.